The smallest absolute Gasteiger partial charge is 0.309 e. The number of halogens is 1. The van der Waals surface area contributed by atoms with E-state index >= 15 is 0 Å². The van der Waals surface area contributed by atoms with Gasteiger partial charge in [0, 0.05) is 30.9 Å². The molecular formula is C19H22ClN3O3. The number of hydrogen-bond acceptors (Lipinski definition) is 5. The first-order chi connectivity index (χ1) is 12.6. The second kappa shape index (κ2) is 9.83. The summed E-state index contributed by atoms with van der Waals surface area (Å²) < 4.78 is 5.02. The van der Waals surface area contributed by atoms with Crippen molar-refractivity contribution in [1.29, 1.82) is 5.26 Å². The van der Waals surface area contributed by atoms with E-state index in [4.69, 9.17) is 16.3 Å². The van der Waals surface area contributed by atoms with E-state index in [-0.39, 0.29) is 23.4 Å². The van der Waals surface area contributed by atoms with E-state index in [1.165, 1.54) is 6.20 Å². The minimum Gasteiger partial charge on any atom is -0.466 e. The Hall–Kier alpha value is -2.52. The number of carbonyl (C=O) groups is 2. The highest BCUT2D eigenvalue weighted by Gasteiger charge is 2.29. The molecule has 26 heavy (non-hydrogen) atoms. The zero-order valence-corrected chi connectivity index (χ0v) is 15.5. The summed E-state index contributed by atoms with van der Waals surface area (Å²) in [5.74, 6) is -0.717. The summed E-state index contributed by atoms with van der Waals surface area (Å²) in [6.07, 6.45) is 2.52. The van der Waals surface area contributed by atoms with Gasteiger partial charge in [0.25, 0.3) is 5.91 Å². The van der Waals surface area contributed by atoms with Crippen molar-refractivity contribution in [2.75, 3.05) is 19.7 Å². The Labute approximate surface area is 158 Å². The molecule has 1 fully saturated rings. The molecule has 1 N–H and O–H groups in total. The van der Waals surface area contributed by atoms with E-state index in [0.29, 0.717) is 44.1 Å². The van der Waals surface area contributed by atoms with Gasteiger partial charge in [-0.2, -0.15) is 5.26 Å². The van der Waals surface area contributed by atoms with Gasteiger partial charge >= 0.3 is 5.97 Å². The van der Waals surface area contributed by atoms with Crippen LogP contribution < -0.4 is 5.32 Å². The highest BCUT2D eigenvalue weighted by atomic mass is 35.5. The standard InChI is InChI=1S/C19H22ClN3O3/c1-2-26-19(25)14-7-9-23(10-8-14)18(24)16(11-21)13-22-12-15-5-3-4-6-17(15)20/h3-6,13-14,22H,2,7-10,12H2,1H3/b16-13-. The first-order valence-electron chi connectivity index (χ1n) is 8.59. The number of nitrogens with zero attached hydrogens (tertiary/aromatic N) is 2. The van der Waals surface area contributed by atoms with Crippen LogP contribution in [0.1, 0.15) is 25.3 Å². The molecule has 1 aromatic rings. The van der Waals surface area contributed by atoms with Crippen LogP contribution >= 0.6 is 11.6 Å². The lowest BCUT2D eigenvalue weighted by molar-refractivity contribution is -0.150. The van der Waals surface area contributed by atoms with Gasteiger partial charge in [-0.05, 0) is 31.4 Å². The number of nitriles is 1. The Morgan fingerprint density at radius 1 is 1.38 bits per heavy atom. The predicted octanol–water partition coefficient (Wildman–Crippen LogP) is 2.64. The van der Waals surface area contributed by atoms with E-state index in [1.807, 2.05) is 24.3 Å². The molecule has 1 heterocycles. The number of likely N-dealkylation sites (tertiary alicyclic amines) is 1. The fourth-order valence-corrected chi connectivity index (χ4v) is 3.00. The van der Waals surface area contributed by atoms with Gasteiger partial charge in [0.2, 0.25) is 0 Å². The van der Waals surface area contributed by atoms with Crippen molar-refractivity contribution in [3.8, 4) is 6.07 Å². The van der Waals surface area contributed by atoms with Gasteiger partial charge in [-0.3, -0.25) is 9.59 Å². The number of carbonyl (C=O) groups excluding carboxylic acids is 2. The number of benzene rings is 1. The largest absolute Gasteiger partial charge is 0.466 e. The maximum absolute atomic E-state index is 12.5. The van der Waals surface area contributed by atoms with Crippen molar-refractivity contribution in [1.82, 2.24) is 10.2 Å². The Morgan fingerprint density at radius 3 is 2.69 bits per heavy atom. The summed E-state index contributed by atoms with van der Waals surface area (Å²) in [4.78, 5) is 25.9. The fourth-order valence-electron chi connectivity index (χ4n) is 2.80. The first-order valence-corrected chi connectivity index (χ1v) is 8.97. The number of amides is 1. The molecule has 1 amide bonds. The maximum Gasteiger partial charge on any atom is 0.309 e. The van der Waals surface area contributed by atoms with E-state index in [1.54, 1.807) is 17.9 Å². The second-order valence-electron chi connectivity index (χ2n) is 5.96. The Morgan fingerprint density at radius 2 is 2.08 bits per heavy atom. The van der Waals surface area contributed by atoms with E-state index < -0.39 is 0 Å². The van der Waals surface area contributed by atoms with Crippen molar-refractivity contribution < 1.29 is 14.3 Å². The lowest BCUT2D eigenvalue weighted by atomic mass is 9.96. The number of piperidine rings is 1. The Balaban J connectivity index is 1.89. The average molecular weight is 376 g/mol. The third kappa shape index (κ3) is 5.24. The summed E-state index contributed by atoms with van der Waals surface area (Å²) in [5, 5.41) is 12.9. The number of rotatable bonds is 6. The van der Waals surface area contributed by atoms with Crippen LogP contribution in [0.25, 0.3) is 0 Å². The topological polar surface area (TPSA) is 82.4 Å². The third-order valence-electron chi connectivity index (χ3n) is 4.25. The average Bonchev–Trinajstić information content (AvgIpc) is 2.66. The van der Waals surface area contributed by atoms with E-state index in [9.17, 15) is 14.9 Å². The van der Waals surface area contributed by atoms with Crippen LogP contribution in [0.5, 0.6) is 0 Å². The van der Waals surface area contributed by atoms with Gasteiger partial charge in [-0.15, -0.1) is 0 Å². The Kier molecular flexibility index (Phi) is 7.49. The molecule has 0 aromatic heterocycles. The van der Waals surface area contributed by atoms with Crippen LogP contribution in [0.2, 0.25) is 5.02 Å². The lowest BCUT2D eigenvalue weighted by Gasteiger charge is -2.30. The summed E-state index contributed by atoms with van der Waals surface area (Å²) in [6, 6.07) is 9.30. The molecule has 6 nitrogen and oxygen atoms in total. The zero-order chi connectivity index (χ0) is 18.9. The van der Waals surface area contributed by atoms with Gasteiger partial charge < -0.3 is 15.0 Å². The molecule has 0 unspecified atom stereocenters. The van der Waals surface area contributed by atoms with Gasteiger partial charge in [0.1, 0.15) is 11.6 Å². The van der Waals surface area contributed by atoms with Crippen molar-refractivity contribution in [2.24, 2.45) is 5.92 Å². The molecule has 0 bridgehead atoms. The molecule has 0 atom stereocenters. The Bertz CT molecular complexity index is 719. The summed E-state index contributed by atoms with van der Waals surface area (Å²) in [5.41, 5.74) is 0.914. The molecule has 1 aliphatic rings. The molecule has 1 saturated heterocycles. The molecule has 7 heteroatoms. The molecule has 1 aromatic carbocycles. The summed E-state index contributed by atoms with van der Waals surface area (Å²) in [7, 11) is 0. The van der Waals surface area contributed by atoms with Gasteiger partial charge in [0.15, 0.2) is 0 Å². The van der Waals surface area contributed by atoms with Crippen LogP contribution in [-0.2, 0) is 20.9 Å². The van der Waals surface area contributed by atoms with Crippen molar-refractivity contribution >= 4 is 23.5 Å². The van der Waals surface area contributed by atoms with Crippen LogP contribution in [0, 0.1) is 17.2 Å². The van der Waals surface area contributed by atoms with Crippen LogP contribution in [0.4, 0.5) is 0 Å². The van der Waals surface area contributed by atoms with Crippen molar-refractivity contribution in [3.63, 3.8) is 0 Å². The molecule has 2 rings (SSSR count). The van der Waals surface area contributed by atoms with Gasteiger partial charge in [-0.1, -0.05) is 29.8 Å². The maximum atomic E-state index is 12.5. The number of esters is 1. The van der Waals surface area contributed by atoms with Crippen LogP contribution in [-0.4, -0.2) is 36.5 Å². The molecule has 0 saturated carbocycles. The number of nitrogens with one attached hydrogen (secondary N) is 1. The second-order valence-corrected chi connectivity index (χ2v) is 6.37. The van der Waals surface area contributed by atoms with Gasteiger partial charge in [-0.25, -0.2) is 0 Å². The minimum absolute atomic E-state index is 0.0339. The quantitative estimate of drug-likeness (QED) is 0.469. The SMILES string of the molecule is CCOC(=O)C1CCN(C(=O)/C(C#N)=C\NCc2ccccc2Cl)CC1. The van der Waals surface area contributed by atoms with Crippen molar-refractivity contribution in [2.45, 2.75) is 26.3 Å². The third-order valence-corrected chi connectivity index (χ3v) is 4.62. The minimum atomic E-state index is -0.332. The molecule has 1 aliphatic heterocycles. The van der Waals surface area contributed by atoms with E-state index in [0.717, 1.165) is 5.56 Å². The highest BCUT2D eigenvalue weighted by molar-refractivity contribution is 6.31. The predicted molar refractivity (Wildman–Crippen MR) is 97.9 cm³/mol. The summed E-state index contributed by atoms with van der Waals surface area (Å²) in [6.45, 7) is 3.42. The number of hydrogen-bond donors (Lipinski definition) is 1. The van der Waals surface area contributed by atoms with E-state index in [2.05, 4.69) is 5.32 Å². The number of ether oxygens (including phenoxy) is 1. The normalized spacial score (nSPS) is 15.3. The molecular weight excluding hydrogens is 354 g/mol. The zero-order valence-electron chi connectivity index (χ0n) is 14.7. The highest BCUT2D eigenvalue weighted by Crippen LogP contribution is 2.20. The molecule has 138 valence electrons. The molecule has 0 spiro atoms. The molecule has 0 aliphatic carbocycles. The fraction of sp³-hybridized carbons (Fsp3) is 0.421. The first kappa shape index (κ1) is 19.8. The summed E-state index contributed by atoms with van der Waals surface area (Å²) >= 11 is 6.08. The van der Waals surface area contributed by atoms with Crippen molar-refractivity contribution in [3.05, 3.63) is 46.6 Å². The molecule has 0 radical (unpaired) electrons. The monoisotopic (exact) mass is 375 g/mol. The van der Waals surface area contributed by atoms with Gasteiger partial charge in [0.05, 0.1) is 12.5 Å². The van der Waals surface area contributed by atoms with Crippen LogP contribution in [0.15, 0.2) is 36.0 Å². The van der Waals surface area contributed by atoms with Crippen LogP contribution in [0.3, 0.4) is 0 Å². The lowest BCUT2D eigenvalue weighted by Crippen LogP contribution is -2.41.